The zero-order valence-corrected chi connectivity index (χ0v) is 13.1. The van der Waals surface area contributed by atoms with Gasteiger partial charge in [-0.3, -0.25) is 4.79 Å². The number of piperidine rings is 1. The number of hydrogen-bond donors (Lipinski definition) is 1. The monoisotopic (exact) mass is 343 g/mol. The standard InChI is InChI=1S/C14H18BrNO2S/c15-11-4-6-13(7-5-11)19-10-14(18)16-8-2-1-3-12(16)9-17/h4-7,12,17H,1-3,8-10H2. The molecule has 1 N–H and O–H groups in total. The molecule has 104 valence electrons. The van der Waals surface area contributed by atoms with E-state index in [-0.39, 0.29) is 18.6 Å². The van der Waals surface area contributed by atoms with Gasteiger partial charge in [0.2, 0.25) is 5.91 Å². The number of rotatable bonds is 4. The van der Waals surface area contributed by atoms with Gasteiger partial charge >= 0.3 is 0 Å². The second-order valence-corrected chi connectivity index (χ2v) is 6.63. The number of hydrogen-bond acceptors (Lipinski definition) is 3. The molecule has 0 spiro atoms. The van der Waals surface area contributed by atoms with Crippen LogP contribution in [0.4, 0.5) is 0 Å². The summed E-state index contributed by atoms with van der Waals surface area (Å²) in [6.45, 7) is 0.861. The summed E-state index contributed by atoms with van der Waals surface area (Å²) >= 11 is 4.94. The summed E-state index contributed by atoms with van der Waals surface area (Å²) in [5, 5.41) is 9.32. The van der Waals surface area contributed by atoms with Gasteiger partial charge in [0.15, 0.2) is 0 Å². The summed E-state index contributed by atoms with van der Waals surface area (Å²) in [6.07, 6.45) is 3.07. The Bertz CT molecular complexity index is 424. The van der Waals surface area contributed by atoms with E-state index in [0.29, 0.717) is 5.75 Å². The van der Waals surface area contributed by atoms with Crippen molar-refractivity contribution in [2.45, 2.75) is 30.2 Å². The molecule has 1 amide bonds. The molecule has 0 radical (unpaired) electrons. The Hall–Kier alpha value is -0.520. The van der Waals surface area contributed by atoms with E-state index in [9.17, 15) is 9.90 Å². The van der Waals surface area contributed by atoms with E-state index in [2.05, 4.69) is 15.9 Å². The van der Waals surface area contributed by atoms with Crippen LogP contribution in [-0.4, -0.2) is 40.9 Å². The fourth-order valence-corrected chi connectivity index (χ4v) is 3.33. The summed E-state index contributed by atoms with van der Waals surface area (Å²) in [7, 11) is 0. The predicted octanol–water partition coefficient (Wildman–Crippen LogP) is 2.91. The summed E-state index contributed by atoms with van der Waals surface area (Å²) in [6, 6.07) is 7.98. The maximum Gasteiger partial charge on any atom is 0.233 e. The van der Waals surface area contributed by atoms with Crippen molar-refractivity contribution in [3.05, 3.63) is 28.7 Å². The smallest absolute Gasteiger partial charge is 0.233 e. The number of amides is 1. The number of benzene rings is 1. The van der Waals surface area contributed by atoms with E-state index in [1.165, 1.54) is 0 Å². The van der Waals surface area contributed by atoms with Gasteiger partial charge in [0.1, 0.15) is 0 Å². The lowest BCUT2D eigenvalue weighted by molar-refractivity contribution is -0.132. The van der Waals surface area contributed by atoms with Crippen LogP contribution in [0.1, 0.15) is 19.3 Å². The first-order valence-corrected chi connectivity index (χ1v) is 8.27. The number of carbonyl (C=O) groups excluding carboxylic acids is 1. The zero-order chi connectivity index (χ0) is 13.7. The largest absolute Gasteiger partial charge is 0.394 e. The second-order valence-electron chi connectivity index (χ2n) is 4.66. The normalized spacial score (nSPS) is 19.5. The summed E-state index contributed by atoms with van der Waals surface area (Å²) in [4.78, 5) is 15.1. The molecule has 0 bridgehead atoms. The summed E-state index contributed by atoms with van der Waals surface area (Å²) in [5.74, 6) is 0.574. The first-order chi connectivity index (χ1) is 9.20. The molecule has 1 aromatic rings. The van der Waals surface area contributed by atoms with Crippen molar-refractivity contribution in [3.63, 3.8) is 0 Å². The second kappa shape index (κ2) is 7.31. The number of halogens is 1. The minimum absolute atomic E-state index is 0.0202. The van der Waals surface area contributed by atoms with Gasteiger partial charge in [-0.05, 0) is 43.5 Å². The molecule has 0 aliphatic carbocycles. The minimum atomic E-state index is 0.0202. The SMILES string of the molecule is O=C(CSc1ccc(Br)cc1)N1CCCCC1CO. The highest BCUT2D eigenvalue weighted by Crippen LogP contribution is 2.23. The van der Waals surface area contributed by atoms with Crippen molar-refractivity contribution in [2.75, 3.05) is 18.9 Å². The molecule has 1 fully saturated rings. The van der Waals surface area contributed by atoms with Crippen LogP contribution in [0.3, 0.4) is 0 Å². The molecule has 0 aromatic heterocycles. The summed E-state index contributed by atoms with van der Waals surface area (Å²) in [5.41, 5.74) is 0. The van der Waals surface area contributed by atoms with Crippen LogP contribution in [0.25, 0.3) is 0 Å². The van der Waals surface area contributed by atoms with Gasteiger partial charge in [-0.1, -0.05) is 15.9 Å². The predicted molar refractivity (Wildman–Crippen MR) is 81.3 cm³/mol. The van der Waals surface area contributed by atoms with Crippen LogP contribution in [0.15, 0.2) is 33.6 Å². The van der Waals surface area contributed by atoms with Crippen LogP contribution < -0.4 is 0 Å². The molecular weight excluding hydrogens is 326 g/mol. The van der Waals surface area contributed by atoms with Crippen LogP contribution in [0, 0.1) is 0 Å². The highest BCUT2D eigenvalue weighted by molar-refractivity contribution is 9.10. The van der Waals surface area contributed by atoms with Crippen molar-refractivity contribution < 1.29 is 9.90 Å². The van der Waals surface area contributed by atoms with E-state index in [4.69, 9.17) is 0 Å². The molecule has 0 saturated carbocycles. The van der Waals surface area contributed by atoms with E-state index < -0.39 is 0 Å². The number of likely N-dealkylation sites (tertiary alicyclic amines) is 1. The van der Waals surface area contributed by atoms with Gasteiger partial charge in [-0.25, -0.2) is 0 Å². The molecule has 5 heteroatoms. The van der Waals surface area contributed by atoms with Gasteiger partial charge in [0.05, 0.1) is 18.4 Å². The van der Waals surface area contributed by atoms with Crippen molar-refractivity contribution in [1.29, 1.82) is 0 Å². The third-order valence-corrected chi connectivity index (χ3v) is 4.86. The summed E-state index contributed by atoms with van der Waals surface area (Å²) < 4.78 is 1.04. The molecule has 1 aromatic carbocycles. The highest BCUT2D eigenvalue weighted by atomic mass is 79.9. The Morgan fingerprint density at radius 3 is 2.79 bits per heavy atom. The Morgan fingerprint density at radius 1 is 1.37 bits per heavy atom. The van der Waals surface area contributed by atoms with Gasteiger partial charge in [-0.15, -0.1) is 11.8 Å². The lowest BCUT2D eigenvalue weighted by atomic mass is 10.0. The van der Waals surface area contributed by atoms with Crippen LogP contribution in [0.2, 0.25) is 0 Å². The molecule has 1 aliphatic heterocycles. The molecule has 1 aliphatic rings. The number of aliphatic hydroxyl groups is 1. The van der Waals surface area contributed by atoms with Crippen molar-refractivity contribution >= 4 is 33.6 Å². The fourth-order valence-electron chi connectivity index (χ4n) is 2.28. The molecule has 1 unspecified atom stereocenters. The molecule has 1 atom stereocenters. The molecule has 2 rings (SSSR count). The van der Waals surface area contributed by atoms with Gasteiger partial charge in [-0.2, -0.15) is 0 Å². The van der Waals surface area contributed by atoms with Crippen LogP contribution in [0.5, 0.6) is 0 Å². The third-order valence-electron chi connectivity index (χ3n) is 3.33. The Morgan fingerprint density at radius 2 is 2.11 bits per heavy atom. The highest BCUT2D eigenvalue weighted by Gasteiger charge is 2.25. The lowest BCUT2D eigenvalue weighted by Crippen LogP contribution is -2.46. The van der Waals surface area contributed by atoms with Gasteiger partial charge < -0.3 is 10.0 Å². The van der Waals surface area contributed by atoms with Crippen molar-refractivity contribution in [1.82, 2.24) is 4.90 Å². The first kappa shape index (κ1) is 14.9. The average molecular weight is 344 g/mol. The molecular formula is C14H18BrNO2S. The number of thioether (sulfide) groups is 1. The number of carbonyl (C=O) groups is 1. The Balaban J connectivity index is 1.87. The Labute approximate surface area is 126 Å². The average Bonchev–Trinajstić information content (AvgIpc) is 2.46. The molecule has 3 nitrogen and oxygen atoms in total. The van der Waals surface area contributed by atoms with Crippen molar-refractivity contribution in [3.8, 4) is 0 Å². The minimum Gasteiger partial charge on any atom is -0.394 e. The first-order valence-electron chi connectivity index (χ1n) is 6.49. The number of aliphatic hydroxyl groups excluding tert-OH is 1. The zero-order valence-electron chi connectivity index (χ0n) is 10.7. The van der Waals surface area contributed by atoms with E-state index in [1.807, 2.05) is 29.2 Å². The fraction of sp³-hybridized carbons (Fsp3) is 0.500. The maximum absolute atomic E-state index is 12.2. The lowest BCUT2D eigenvalue weighted by Gasteiger charge is -2.34. The van der Waals surface area contributed by atoms with Gasteiger partial charge in [0.25, 0.3) is 0 Å². The topological polar surface area (TPSA) is 40.5 Å². The third kappa shape index (κ3) is 4.23. The van der Waals surface area contributed by atoms with Crippen molar-refractivity contribution in [2.24, 2.45) is 0 Å². The van der Waals surface area contributed by atoms with E-state index >= 15 is 0 Å². The van der Waals surface area contributed by atoms with Gasteiger partial charge in [0, 0.05) is 15.9 Å². The number of nitrogens with zero attached hydrogens (tertiary/aromatic N) is 1. The van der Waals surface area contributed by atoms with E-state index in [0.717, 1.165) is 35.2 Å². The molecule has 1 saturated heterocycles. The maximum atomic E-state index is 12.2. The van der Waals surface area contributed by atoms with E-state index in [1.54, 1.807) is 11.8 Å². The van der Waals surface area contributed by atoms with Crippen LogP contribution >= 0.6 is 27.7 Å². The molecule has 19 heavy (non-hydrogen) atoms. The Kier molecular flexibility index (Phi) is 5.73. The quantitative estimate of drug-likeness (QED) is 0.854. The molecule has 1 heterocycles. The van der Waals surface area contributed by atoms with Crippen LogP contribution in [-0.2, 0) is 4.79 Å².